The second-order valence-corrected chi connectivity index (χ2v) is 9.50. The summed E-state index contributed by atoms with van der Waals surface area (Å²) in [6, 6.07) is 7.00. The van der Waals surface area contributed by atoms with Crippen LogP contribution in [0.5, 0.6) is 0 Å². The lowest BCUT2D eigenvalue weighted by Gasteiger charge is -2.41. The van der Waals surface area contributed by atoms with E-state index in [0.717, 1.165) is 32.1 Å². The summed E-state index contributed by atoms with van der Waals surface area (Å²) in [5, 5.41) is 10.3. The summed E-state index contributed by atoms with van der Waals surface area (Å²) < 4.78 is 26.9. The van der Waals surface area contributed by atoms with Gasteiger partial charge in [0.1, 0.15) is 6.33 Å². The van der Waals surface area contributed by atoms with E-state index in [-0.39, 0.29) is 24.2 Å². The minimum absolute atomic E-state index is 0.157. The molecule has 2 aliphatic rings. The van der Waals surface area contributed by atoms with Crippen LogP contribution in [0.2, 0.25) is 0 Å². The van der Waals surface area contributed by atoms with Crippen molar-refractivity contribution in [2.24, 2.45) is 0 Å². The Morgan fingerprint density at radius 3 is 2.54 bits per heavy atom. The fourth-order valence-corrected chi connectivity index (χ4v) is 6.03. The zero-order valence-corrected chi connectivity index (χ0v) is 15.2. The van der Waals surface area contributed by atoms with Crippen LogP contribution in [0.1, 0.15) is 42.5 Å². The van der Waals surface area contributed by atoms with E-state index in [9.17, 15) is 13.2 Å². The molecule has 8 nitrogen and oxygen atoms in total. The minimum Gasteiger partial charge on any atom is -0.336 e. The number of likely N-dealkylation sites (tertiary alicyclic amines) is 1. The van der Waals surface area contributed by atoms with Crippen LogP contribution >= 0.6 is 0 Å². The summed E-state index contributed by atoms with van der Waals surface area (Å²) in [6.45, 7) is 0.569. The molecular weight excluding hydrogens is 354 g/mol. The van der Waals surface area contributed by atoms with Gasteiger partial charge in [-0.2, -0.15) is 0 Å². The second kappa shape index (κ2) is 6.79. The van der Waals surface area contributed by atoms with Crippen molar-refractivity contribution in [3.05, 3.63) is 36.2 Å². The number of carbonyl (C=O) groups is 1. The molecule has 0 unspecified atom stereocenters. The van der Waals surface area contributed by atoms with Gasteiger partial charge >= 0.3 is 0 Å². The van der Waals surface area contributed by atoms with Gasteiger partial charge in [-0.05, 0) is 41.5 Å². The number of tetrazole rings is 1. The van der Waals surface area contributed by atoms with E-state index in [0.29, 0.717) is 11.3 Å². The first-order valence-corrected chi connectivity index (χ1v) is 10.5. The Morgan fingerprint density at radius 1 is 1.08 bits per heavy atom. The predicted octanol–water partition coefficient (Wildman–Crippen LogP) is 1.23. The van der Waals surface area contributed by atoms with Gasteiger partial charge in [-0.3, -0.25) is 4.79 Å². The summed E-state index contributed by atoms with van der Waals surface area (Å²) in [4.78, 5) is 14.3. The van der Waals surface area contributed by atoms with Gasteiger partial charge in [0.05, 0.1) is 16.2 Å². The van der Waals surface area contributed by atoms with Gasteiger partial charge in [-0.25, -0.2) is 13.1 Å². The number of hydrogen-bond donors (Lipinski definition) is 0. The van der Waals surface area contributed by atoms with Crippen LogP contribution in [0.15, 0.2) is 30.6 Å². The quantitative estimate of drug-likeness (QED) is 0.797. The highest BCUT2D eigenvalue weighted by Crippen LogP contribution is 2.30. The summed E-state index contributed by atoms with van der Waals surface area (Å²) in [5.74, 6) is -0.157. The van der Waals surface area contributed by atoms with E-state index in [1.54, 1.807) is 29.2 Å². The Morgan fingerprint density at radius 2 is 1.85 bits per heavy atom. The molecule has 138 valence electrons. The number of sulfone groups is 1. The second-order valence-electron chi connectivity index (χ2n) is 6.99. The molecule has 1 aromatic heterocycles. The average molecular weight is 375 g/mol. The van der Waals surface area contributed by atoms with Gasteiger partial charge in [0, 0.05) is 18.7 Å². The van der Waals surface area contributed by atoms with Gasteiger partial charge < -0.3 is 4.90 Å². The van der Waals surface area contributed by atoms with Crippen LogP contribution in [0.4, 0.5) is 0 Å². The number of benzene rings is 1. The number of nitrogens with zero attached hydrogens (tertiary/aromatic N) is 5. The van der Waals surface area contributed by atoms with Crippen molar-refractivity contribution in [3.8, 4) is 5.69 Å². The third kappa shape index (κ3) is 3.11. The van der Waals surface area contributed by atoms with Crippen LogP contribution in [0.25, 0.3) is 5.69 Å². The average Bonchev–Trinajstić information content (AvgIpc) is 3.16. The summed E-state index contributed by atoms with van der Waals surface area (Å²) in [6.07, 6.45) is 6.09. The lowest BCUT2D eigenvalue weighted by atomic mass is 10.0. The van der Waals surface area contributed by atoms with Gasteiger partial charge in [0.2, 0.25) is 0 Å². The first kappa shape index (κ1) is 17.1. The molecule has 1 aliphatic heterocycles. The largest absolute Gasteiger partial charge is 0.336 e. The van der Waals surface area contributed by atoms with Crippen LogP contribution in [0.3, 0.4) is 0 Å². The Hall–Kier alpha value is -2.29. The van der Waals surface area contributed by atoms with Crippen molar-refractivity contribution >= 4 is 15.7 Å². The van der Waals surface area contributed by atoms with Gasteiger partial charge in [-0.1, -0.05) is 25.3 Å². The zero-order valence-electron chi connectivity index (χ0n) is 14.4. The standard InChI is InChI=1S/C17H21N5O3S/c23-17(13-5-4-6-14(9-13)22-12-18-19-20-22)21-10-16(11-21)26(24,25)15-7-2-1-3-8-15/h4-6,9,12,15-16H,1-3,7-8,10-11H2. The maximum Gasteiger partial charge on any atom is 0.254 e. The number of aromatic nitrogens is 4. The Kier molecular flexibility index (Phi) is 4.47. The molecule has 26 heavy (non-hydrogen) atoms. The van der Waals surface area contributed by atoms with E-state index in [4.69, 9.17) is 0 Å². The van der Waals surface area contributed by atoms with Crippen molar-refractivity contribution < 1.29 is 13.2 Å². The van der Waals surface area contributed by atoms with Crippen molar-refractivity contribution in [1.82, 2.24) is 25.1 Å². The zero-order chi connectivity index (χ0) is 18.1. The number of carbonyl (C=O) groups excluding carboxylic acids is 1. The summed E-state index contributed by atoms with van der Waals surface area (Å²) in [7, 11) is -3.14. The third-order valence-corrected chi connectivity index (χ3v) is 7.95. The van der Waals surface area contributed by atoms with Crippen molar-refractivity contribution in [2.75, 3.05) is 13.1 Å². The lowest BCUT2D eigenvalue weighted by molar-refractivity contribution is 0.0658. The summed E-state index contributed by atoms with van der Waals surface area (Å²) in [5.41, 5.74) is 1.19. The smallest absolute Gasteiger partial charge is 0.254 e. The van der Waals surface area contributed by atoms with Crippen molar-refractivity contribution in [1.29, 1.82) is 0 Å². The van der Waals surface area contributed by atoms with Crippen molar-refractivity contribution in [3.63, 3.8) is 0 Å². The monoisotopic (exact) mass is 375 g/mol. The fourth-order valence-electron chi connectivity index (χ4n) is 3.72. The highest BCUT2D eigenvalue weighted by Gasteiger charge is 2.43. The normalized spacial score (nSPS) is 19.3. The number of hydrogen-bond acceptors (Lipinski definition) is 6. The van der Waals surface area contributed by atoms with E-state index >= 15 is 0 Å². The molecule has 0 N–H and O–H groups in total. The molecule has 9 heteroatoms. The van der Waals surface area contributed by atoms with Gasteiger partial charge in [0.15, 0.2) is 9.84 Å². The summed E-state index contributed by atoms with van der Waals surface area (Å²) >= 11 is 0. The molecule has 2 aromatic rings. The highest BCUT2D eigenvalue weighted by molar-refractivity contribution is 7.92. The van der Waals surface area contributed by atoms with Crippen LogP contribution in [-0.2, 0) is 9.84 Å². The molecule has 1 aliphatic carbocycles. The van der Waals surface area contributed by atoms with E-state index in [1.165, 1.54) is 11.0 Å². The maximum absolute atomic E-state index is 12.7. The topological polar surface area (TPSA) is 98.1 Å². The highest BCUT2D eigenvalue weighted by atomic mass is 32.2. The molecule has 1 aromatic carbocycles. The Bertz CT molecular complexity index is 885. The minimum atomic E-state index is -3.14. The fraction of sp³-hybridized carbons (Fsp3) is 0.529. The molecule has 1 amide bonds. The molecule has 0 bridgehead atoms. The predicted molar refractivity (Wildman–Crippen MR) is 94.6 cm³/mol. The SMILES string of the molecule is O=C(c1cccc(-n2cnnn2)c1)N1CC(S(=O)(=O)C2CCCCC2)C1. The molecule has 4 rings (SSSR count). The van der Waals surface area contributed by atoms with Crippen LogP contribution in [0, 0.1) is 0 Å². The molecular formula is C17H21N5O3S. The Labute approximate surface area is 152 Å². The van der Waals surface area contributed by atoms with E-state index < -0.39 is 15.1 Å². The van der Waals surface area contributed by atoms with E-state index in [1.807, 2.05) is 0 Å². The van der Waals surface area contributed by atoms with Crippen LogP contribution < -0.4 is 0 Å². The molecule has 2 fully saturated rings. The maximum atomic E-state index is 12.7. The molecule has 2 heterocycles. The Balaban J connectivity index is 1.43. The van der Waals surface area contributed by atoms with Crippen LogP contribution in [-0.4, -0.2) is 63.0 Å². The number of rotatable bonds is 4. The van der Waals surface area contributed by atoms with Crippen molar-refractivity contribution in [2.45, 2.75) is 42.6 Å². The van der Waals surface area contributed by atoms with Gasteiger partial charge in [0.25, 0.3) is 5.91 Å². The molecule has 0 spiro atoms. The third-order valence-electron chi connectivity index (χ3n) is 5.32. The molecule has 0 atom stereocenters. The molecule has 1 saturated carbocycles. The first-order valence-electron chi connectivity index (χ1n) is 8.91. The van der Waals surface area contributed by atoms with E-state index in [2.05, 4.69) is 15.5 Å². The van der Waals surface area contributed by atoms with Gasteiger partial charge in [-0.15, -0.1) is 5.10 Å². The first-order chi connectivity index (χ1) is 12.6. The number of amides is 1. The molecule has 1 saturated heterocycles. The molecule has 0 radical (unpaired) electrons. The lowest BCUT2D eigenvalue weighted by Crippen LogP contribution is -2.58.